The molecular formula is C24H32F2N4O2. The number of aromatic nitrogens is 2. The van der Waals surface area contributed by atoms with E-state index in [2.05, 4.69) is 16.5 Å². The molecule has 4 rings (SSSR count). The summed E-state index contributed by atoms with van der Waals surface area (Å²) in [6.07, 6.45) is -1.12. The summed E-state index contributed by atoms with van der Waals surface area (Å²) in [6.45, 7) is 8.83. The van der Waals surface area contributed by atoms with Crippen LogP contribution in [0.3, 0.4) is 0 Å². The minimum absolute atomic E-state index is 0.0293. The number of alkyl halides is 2. The van der Waals surface area contributed by atoms with Crippen LogP contribution in [0.2, 0.25) is 0 Å². The van der Waals surface area contributed by atoms with Gasteiger partial charge in [0.25, 0.3) is 12.3 Å². The lowest BCUT2D eigenvalue weighted by Crippen LogP contribution is -2.48. The zero-order valence-electron chi connectivity index (χ0n) is 19.1. The highest BCUT2D eigenvalue weighted by molar-refractivity contribution is 5.81. The fraction of sp³-hybridized carbons (Fsp3) is 0.583. The van der Waals surface area contributed by atoms with Crippen LogP contribution in [0.5, 0.6) is 5.75 Å². The molecule has 1 N–H and O–H groups in total. The number of hydrogen-bond donors (Lipinski definition) is 1. The van der Waals surface area contributed by atoms with Gasteiger partial charge in [-0.1, -0.05) is 6.07 Å². The Labute approximate surface area is 187 Å². The molecular weight excluding hydrogens is 414 g/mol. The number of amides is 1. The van der Waals surface area contributed by atoms with E-state index < -0.39 is 18.6 Å². The van der Waals surface area contributed by atoms with Gasteiger partial charge in [0.2, 0.25) is 0 Å². The van der Waals surface area contributed by atoms with Crippen LogP contribution in [0.4, 0.5) is 14.6 Å². The number of carbonyl (C=O) groups excluding carboxylic acids is 1. The van der Waals surface area contributed by atoms with Gasteiger partial charge in [0.05, 0.1) is 5.69 Å². The predicted molar refractivity (Wildman–Crippen MR) is 119 cm³/mol. The van der Waals surface area contributed by atoms with Gasteiger partial charge in [-0.2, -0.15) is 5.10 Å². The van der Waals surface area contributed by atoms with Gasteiger partial charge >= 0.3 is 0 Å². The summed E-state index contributed by atoms with van der Waals surface area (Å²) in [7, 11) is 0. The molecule has 1 fully saturated rings. The van der Waals surface area contributed by atoms with Crippen LogP contribution in [0.25, 0.3) is 0 Å². The topological polar surface area (TPSA) is 59.4 Å². The zero-order chi connectivity index (χ0) is 23.0. The van der Waals surface area contributed by atoms with Crippen molar-refractivity contribution in [3.63, 3.8) is 0 Å². The number of carbonyl (C=O) groups is 1. The maximum atomic E-state index is 13.7. The first kappa shape index (κ1) is 22.6. The molecule has 0 bridgehead atoms. The highest BCUT2D eigenvalue weighted by atomic mass is 19.3. The first-order valence-electron chi connectivity index (χ1n) is 11.4. The summed E-state index contributed by atoms with van der Waals surface area (Å²) in [4.78, 5) is 14.8. The summed E-state index contributed by atoms with van der Waals surface area (Å²) in [5.74, 6) is 1.57. The molecule has 1 aromatic carbocycles. The molecule has 1 saturated heterocycles. The van der Waals surface area contributed by atoms with Gasteiger partial charge in [0.15, 0.2) is 6.10 Å². The number of nitrogens with one attached hydrogen (secondary N) is 1. The molecule has 1 amide bonds. The lowest BCUT2D eigenvalue weighted by molar-refractivity contribution is -0.139. The molecule has 3 heterocycles. The van der Waals surface area contributed by atoms with Gasteiger partial charge in [-0.05, 0) is 76.1 Å². The van der Waals surface area contributed by atoms with Gasteiger partial charge in [-0.15, -0.1) is 0 Å². The number of anilines is 1. The smallest absolute Gasteiger partial charge is 0.263 e. The van der Waals surface area contributed by atoms with Crippen molar-refractivity contribution in [1.29, 1.82) is 0 Å². The third-order valence-electron chi connectivity index (χ3n) is 6.57. The normalized spacial score (nSPS) is 22.4. The highest BCUT2D eigenvalue weighted by Crippen LogP contribution is 2.37. The molecule has 1 aromatic heterocycles. The second-order valence-corrected chi connectivity index (χ2v) is 9.25. The lowest BCUT2D eigenvalue weighted by Gasteiger charge is -2.40. The number of benzene rings is 1. The average molecular weight is 447 g/mol. The largest absolute Gasteiger partial charge is 0.481 e. The number of fused-ring (bicyclic) bond motifs is 1. The molecule has 1 unspecified atom stereocenters. The van der Waals surface area contributed by atoms with E-state index in [0.717, 1.165) is 29.7 Å². The van der Waals surface area contributed by atoms with Crippen molar-refractivity contribution in [1.82, 2.24) is 14.7 Å². The minimum atomic E-state index is -2.46. The van der Waals surface area contributed by atoms with E-state index >= 15 is 0 Å². The molecule has 3 atom stereocenters. The number of nitrogens with zero attached hydrogens (tertiary/aromatic N) is 3. The molecule has 0 saturated carbocycles. The molecule has 32 heavy (non-hydrogen) atoms. The third kappa shape index (κ3) is 4.74. The van der Waals surface area contributed by atoms with Crippen LogP contribution >= 0.6 is 0 Å². The average Bonchev–Trinajstić information content (AvgIpc) is 3.11. The van der Waals surface area contributed by atoms with Crippen LogP contribution in [-0.2, 0) is 4.79 Å². The van der Waals surface area contributed by atoms with Crippen LogP contribution in [0.15, 0.2) is 24.3 Å². The summed E-state index contributed by atoms with van der Waals surface area (Å²) in [5, 5.41) is 7.66. The van der Waals surface area contributed by atoms with Crippen LogP contribution in [0.1, 0.15) is 49.0 Å². The second-order valence-electron chi connectivity index (χ2n) is 9.25. The van der Waals surface area contributed by atoms with E-state index in [1.807, 2.05) is 43.9 Å². The molecule has 2 aromatic rings. The Hall–Kier alpha value is -2.64. The molecule has 2 aliphatic heterocycles. The zero-order valence-corrected chi connectivity index (χ0v) is 19.1. The first-order valence-corrected chi connectivity index (χ1v) is 11.4. The van der Waals surface area contributed by atoms with Gasteiger partial charge in [-0.25, -0.2) is 13.5 Å². The molecule has 2 aliphatic rings. The number of hydrogen-bond acceptors (Lipinski definition) is 4. The standard InChI is InChI=1S/C24H32F2N4O2/c1-14-9-15(2)11-19(10-14)32-17(4)24(31)29-7-5-18(6-8-29)20-13-21(23(25)26)30-22(27-20)12-16(3)28-30/h9-12,17-18,20-21,23,27H,5-8,13H2,1-4H3/t17?,20-,21+/m0/s1. The molecule has 0 aliphatic carbocycles. The van der Waals surface area contributed by atoms with Crippen molar-refractivity contribution >= 4 is 11.7 Å². The Kier molecular flexibility index (Phi) is 6.40. The quantitative estimate of drug-likeness (QED) is 0.735. The van der Waals surface area contributed by atoms with Crippen LogP contribution in [-0.4, -0.2) is 52.2 Å². The Morgan fingerprint density at radius 3 is 2.41 bits per heavy atom. The SMILES string of the molecule is Cc1cc(C)cc(OC(C)C(=O)N2CCC([C@@H]3C[C@H](C(F)F)n4nc(C)cc4N3)CC2)c1. The fourth-order valence-corrected chi connectivity index (χ4v) is 5.04. The Balaban J connectivity index is 1.35. The maximum absolute atomic E-state index is 13.7. The van der Waals surface area contributed by atoms with Crippen molar-refractivity contribution in [2.24, 2.45) is 5.92 Å². The number of halogens is 2. The Bertz CT molecular complexity index is 949. The summed E-state index contributed by atoms with van der Waals surface area (Å²) >= 11 is 0. The summed E-state index contributed by atoms with van der Waals surface area (Å²) < 4.78 is 34.7. The Morgan fingerprint density at radius 1 is 1.12 bits per heavy atom. The van der Waals surface area contributed by atoms with E-state index in [1.54, 1.807) is 6.92 Å². The van der Waals surface area contributed by atoms with Gasteiger partial charge in [0, 0.05) is 25.2 Å². The minimum Gasteiger partial charge on any atom is -0.481 e. The maximum Gasteiger partial charge on any atom is 0.263 e. The summed E-state index contributed by atoms with van der Waals surface area (Å²) in [5.41, 5.74) is 2.93. The number of likely N-dealkylation sites (tertiary alicyclic amines) is 1. The predicted octanol–water partition coefficient (Wildman–Crippen LogP) is 4.50. The monoisotopic (exact) mass is 446 g/mol. The fourth-order valence-electron chi connectivity index (χ4n) is 5.04. The lowest BCUT2D eigenvalue weighted by atomic mass is 9.85. The van der Waals surface area contributed by atoms with Crippen LogP contribution < -0.4 is 10.1 Å². The van der Waals surface area contributed by atoms with Gasteiger partial charge < -0.3 is 15.0 Å². The molecule has 0 spiro atoms. The molecule has 8 heteroatoms. The first-order chi connectivity index (χ1) is 15.2. The second kappa shape index (κ2) is 9.08. The van der Waals surface area contributed by atoms with E-state index in [9.17, 15) is 13.6 Å². The van der Waals surface area contributed by atoms with E-state index in [0.29, 0.717) is 31.1 Å². The van der Waals surface area contributed by atoms with Crippen molar-refractivity contribution < 1.29 is 18.3 Å². The van der Waals surface area contributed by atoms with Gasteiger partial charge in [0.1, 0.15) is 17.6 Å². The Morgan fingerprint density at radius 2 is 1.78 bits per heavy atom. The number of aryl methyl sites for hydroxylation is 3. The molecule has 174 valence electrons. The van der Waals surface area contributed by atoms with Crippen molar-refractivity contribution in [2.45, 2.75) is 71.6 Å². The van der Waals surface area contributed by atoms with Crippen LogP contribution in [0, 0.1) is 26.7 Å². The van der Waals surface area contributed by atoms with Gasteiger partial charge in [-0.3, -0.25) is 4.79 Å². The van der Waals surface area contributed by atoms with Crippen molar-refractivity contribution in [3.05, 3.63) is 41.1 Å². The number of piperidine rings is 1. The molecule has 6 nitrogen and oxygen atoms in total. The van der Waals surface area contributed by atoms with E-state index in [-0.39, 0.29) is 17.9 Å². The van der Waals surface area contributed by atoms with Crippen molar-refractivity contribution in [2.75, 3.05) is 18.4 Å². The number of rotatable bonds is 5. The van der Waals surface area contributed by atoms with E-state index in [4.69, 9.17) is 4.74 Å². The molecule has 0 radical (unpaired) electrons. The van der Waals surface area contributed by atoms with E-state index in [1.165, 1.54) is 4.68 Å². The number of ether oxygens (including phenoxy) is 1. The highest BCUT2D eigenvalue weighted by Gasteiger charge is 2.38. The summed E-state index contributed by atoms with van der Waals surface area (Å²) in [6, 6.07) is 6.81. The van der Waals surface area contributed by atoms with Crippen molar-refractivity contribution in [3.8, 4) is 5.75 Å². The third-order valence-corrected chi connectivity index (χ3v) is 6.57.